The number of aliphatic hydroxyl groups is 1. The standard InChI is InChI=1S/C13H17N3O/c1-8(2)12(9(3)17)10-4-5-11-13(16-10)15-7-6-14-11/h4-9,12,17H,1-3H3. The summed E-state index contributed by atoms with van der Waals surface area (Å²) in [5.41, 5.74) is 2.30. The number of pyridine rings is 1. The predicted octanol–water partition coefficient (Wildman–Crippen LogP) is 2.15. The lowest BCUT2D eigenvalue weighted by molar-refractivity contribution is 0.138. The Morgan fingerprint density at radius 1 is 1.06 bits per heavy atom. The van der Waals surface area contributed by atoms with Gasteiger partial charge in [-0.15, -0.1) is 0 Å². The Kier molecular flexibility index (Phi) is 3.33. The highest BCUT2D eigenvalue weighted by Gasteiger charge is 2.22. The van der Waals surface area contributed by atoms with Gasteiger partial charge in [0, 0.05) is 24.0 Å². The highest BCUT2D eigenvalue weighted by Crippen LogP contribution is 2.27. The van der Waals surface area contributed by atoms with Crippen LogP contribution in [-0.2, 0) is 0 Å². The molecule has 0 saturated carbocycles. The topological polar surface area (TPSA) is 58.9 Å². The summed E-state index contributed by atoms with van der Waals surface area (Å²) in [4.78, 5) is 12.9. The van der Waals surface area contributed by atoms with E-state index in [9.17, 15) is 5.11 Å². The van der Waals surface area contributed by atoms with E-state index >= 15 is 0 Å². The number of hydrogen-bond donors (Lipinski definition) is 1. The Balaban J connectivity index is 2.47. The molecule has 2 atom stereocenters. The molecule has 90 valence electrons. The van der Waals surface area contributed by atoms with E-state index in [0.29, 0.717) is 11.6 Å². The van der Waals surface area contributed by atoms with E-state index in [2.05, 4.69) is 28.8 Å². The van der Waals surface area contributed by atoms with Crippen LogP contribution in [0.5, 0.6) is 0 Å². The van der Waals surface area contributed by atoms with E-state index in [-0.39, 0.29) is 5.92 Å². The molecule has 2 aromatic heterocycles. The van der Waals surface area contributed by atoms with Crippen LogP contribution in [0.1, 0.15) is 32.4 Å². The van der Waals surface area contributed by atoms with Crippen molar-refractivity contribution in [3.63, 3.8) is 0 Å². The van der Waals surface area contributed by atoms with Gasteiger partial charge in [-0.05, 0) is 25.0 Å². The van der Waals surface area contributed by atoms with Crippen molar-refractivity contribution in [2.45, 2.75) is 32.8 Å². The van der Waals surface area contributed by atoms with Crippen molar-refractivity contribution in [1.82, 2.24) is 15.0 Å². The maximum absolute atomic E-state index is 9.83. The third-order valence-electron chi connectivity index (χ3n) is 2.93. The summed E-state index contributed by atoms with van der Waals surface area (Å²) in [5, 5.41) is 9.83. The van der Waals surface area contributed by atoms with Crippen LogP contribution in [0.3, 0.4) is 0 Å². The lowest BCUT2D eigenvalue weighted by Gasteiger charge is -2.23. The molecule has 0 fully saturated rings. The van der Waals surface area contributed by atoms with Crippen molar-refractivity contribution in [1.29, 1.82) is 0 Å². The number of aliphatic hydroxyl groups excluding tert-OH is 1. The Bertz CT molecular complexity index is 503. The molecule has 0 spiro atoms. The molecule has 0 aliphatic rings. The maximum Gasteiger partial charge on any atom is 0.178 e. The molecule has 0 saturated heterocycles. The van der Waals surface area contributed by atoms with Crippen LogP contribution in [0.25, 0.3) is 11.2 Å². The summed E-state index contributed by atoms with van der Waals surface area (Å²) in [6, 6.07) is 3.83. The second-order valence-corrected chi connectivity index (χ2v) is 4.65. The fourth-order valence-corrected chi connectivity index (χ4v) is 2.20. The molecule has 4 nitrogen and oxygen atoms in total. The van der Waals surface area contributed by atoms with E-state index in [0.717, 1.165) is 11.2 Å². The third-order valence-corrected chi connectivity index (χ3v) is 2.93. The fraction of sp³-hybridized carbons (Fsp3) is 0.462. The van der Waals surface area contributed by atoms with E-state index in [1.54, 1.807) is 19.3 Å². The van der Waals surface area contributed by atoms with Crippen LogP contribution < -0.4 is 0 Å². The molecule has 0 amide bonds. The van der Waals surface area contributed by atoms with Crippen molar-refractivity contribution in [3.8, 4) is 0 Å². The minimum Gasteiger partial charge on any atom is -0.393 e. The quantitative estimate of drug-likeness (QED) is 0.879. The van der Waals surface area contributed by atoms with Crippen molar-refractivity contribution in [3.05, 3.63) is 30.2 Å². The molecule has 4 heteroatoms. The number of fused-ring (bicyclic) bond motifs is 1. The van der Waals surface area contributed by atoms with Crippen LogP contribution in [0.2, 0.25) is 0 Å². The van der Waals surface area contributed by atoms with Gasteiger partial charge < -0.3 is 5.11 Å². The normalized spacial score (nSPS) is 15.1. The molecule has 2 aromatic rings. The van der Waals surface area contributed by atoms with Gasteiger partial charge in [-0.3, -0.25) is 4.98 Å². The second kappa shape index (κ2) is 4.75. The summed E-state index contributed by atoms with van der Waals surface area (Å²) in [7, 11) is 0. The molecule has 0 radical (unpaired) electrons. The van der Waals surface area contributed by atoms with Crippen molar-refractivity contribution >= 4 is 11.2 Å². The Labute approximate surface area is 101 Å². The van der Waals surface area contributed by atoms with Gasteiger partial charge in [-0.2, -0.15) is 0 Å². The summed E-state index contributed by atoms with van der Waals surface area (Å²) < 4.78 is 0. The molecule has 17 heavy (non-hydrogen) atoms. The number of aromatic nitrogens is 3. The van der Waals surface area contributed by atoms with Gasteiger partial charge in [0.1, 0.15) is 5.52 Å². The molecule has 0 aliphatic heterocycles. The van der Waals surface area contributed by atoms with Gasteiger partial charge in [0.25, 0.3) is 0 Å². The first-order valence-electron chi connectivity index (χ1n) is 5.85. The van der Waals surface area contributed by atoms with E-state index in [1.165, 1.54) is 0 Å². The van der Waals surface area contributed by atoms with Crippen LogP contribution in [0.15, 0.2) is 24.5 Å². The lowest BCUT2D eigenvalue weighted by atomic mass is 9.87. The zero-order valence-corrected chi connectivity index (χ0v) is 10.3. The third kappa shape index (κ3) is 2.42. The highest BCUT2D eigenvalue weighted by molar-refractivity contribution is 5.69. The average Bonchev–Trinajstić information content (AvgIpc) is 2.28. The van der Waals surface area contributed by atoms with Crippen LogP contribution in [-0.4, -0.2) is 26.2 Å². The molecule has 2 unspecified atom stereocenters. The lowest BCUT2D eigenvalue weighted by Crippen LogP contribution is -2.21. The van der Waals surface area contributed by atoms with Gasteiger partial charge in [-0.1, -0.05) is 13.8 Å². The second-order valence-electron chi connectivity index (χ2n) is 4.65. The Hall–Kier alpha value is -1.55. The predicted molar refractivity (Wildman–Crippen MR) is 66.6 cm³/mol. The van der Waals surface area contributed by atoms with Crippen LogP contribution in [0, 0.1) is 5.92 Å². The molecule has 2 heterocycles. The first-order chi connectivity index (χ1) is 8.09. The zero-order chi connectivity index (χ0) is 12.4. The van der Waals surface area contributed by atoms with E-state index < -0.39 is 6.10 Å². The zero-order valence-electron chi connectivity index (χ0n) is 10.3. The smallest absolute Gasteiger partial charge is 0.178 e. The van der Waals surface area contributed by atoms with E-state index in [1.807, 2.05) is 12.1 Å². The first kappa shape index (κ1) is 11.9. The molecule has 0 aromatic carbocycles. The van der Waals surface area contributed by atoms with Crippen LogP contribution >= 0.6 is 0 Å². The Morgan fingerprint density at radius 2 is 1.76 bits per heavy atom. The van der Waals surface area contributed by atoms with Crippen LogP contribution in [0.4, 0.5) is 0 Å². The van der Waals surface area contributed by atoms with Crippen molar-refractivity contribution < 1.29 is 5.11 Å². The summed E-state index contributed by atoms with van der Waals surface area (Å²) in [6.45, 7) is 5.97. The minimum atomic E-state index is -0.420. The fourth-order valence-electron chi connectivity index (χ4n) is 2.20. The summed E-state index contributed by atoms with van der Waals surface area (Å²) in [6.07, 6.45) is 2.86. The molecular weight excluding hydrogens is 214 g/mol. The molecule has 0 bridgehead atoms. The van der Waals surface area contributed by atoms with Gasteiger partial charge in [-0.25, -0.2) is 9.97 Å². The van der Waals surface area contributed by atoms with Gasteiger partial charge in [0.05, 0.1) is 6.10 Å². The van der Waals surface area contributed by atoms with Gasteiger partial charge >= 0.3 is 0 Å². The van der Waals surface area contributed by atoms with Crippen molar-refractivity contribution in [2.75, 3.05) is 0 Å². The minimum absolute atomic E-state index is 0.0291. The van der Waals surface area contributed by atoms with Gasteiger partial charge in [0.2, 0.25) is 0 Å². The SMILES string of the molecule is CC(C)C(c1ccc2nccnc2n1)C(C)O. The summed E-state index contributed by atoms with van der Waals surface area (Å²) >= 11 is 0. The first-order valence-corrected chi connectivity index (χ1v) is 5.85. The number of hydrogen-bond acceptors (Lipinski definition) is 4. The van der Waals surface area contributed by atoms with Gasteiger partial charge in [0.15, 0.2) is 5.65 Å². The largest absolute Gasteiger partial charge is 0.393 e. The molecule has 1 N–H and O–H groups in total. The molecular formula is C13H17N3O. The molecule has 2 rings (SSSR count). The van der Waals surface area contributed by atoms with E-state index in [4.69, 9.17) is 0 Å². The maximum atomic E-state index is 9.83. The monoisotopic (exact) mass is 231 g/mol. The van der Waals surface area contributed by atoms with Crippen molar-refractivity contribution in [2.24, 2.45) is 5.92 Å². The average molecular weight is 231 g/mol. The number of rotatable bonds is 3. The molecule has 0 aliphatic carbocycles. The highest BCUT2D eigenvalue weighted by atomic mass is 16.3. The Morgan fingerprint density at radius 3 is 2.41 bits per heavy atom. The summed E-state index contributed by atoms with van der Waals surface area (Å²) in [5.74, 6) is 0.359. The number of nitrogens with zero attached hydrogens (tertiary/aromatic N) is 3.